The lowest BCUT2D eigenvalue weighted by molar-refractivity contribution is -0.127. The Bertz CT molecular complexity index is 175. The molecule has 0 spiro atoms. The second-order valence-electron chi connectivity index (χ2n) is 4.98. The Morgan fingerprint density at radius 2 is 1.80 bits per heavy atom. The lowest BCUT2D eigenvalue weighted by Gasteiger charge is -2.41. The van der Waals surface area contributed by atoms with Crippen LogP contribution in [0.2, 0.25) is 0 Å². The van der Waals surface area contributed by atoms with E-state index in [9.17, 15) is 10.2 Å². The van der Waals surface area contributed by atoms with Gasteiger partial charge in [0.2, 0.25) is 0 Å². The third kappa shape index (κ3) is 2.94. The summed E-state index contributed by atoms with van der Waals surface area (Å²) in [6.07, 6.45) is 7.71. The number of aliphatic hydroxyl groups is 2. The van der Waals surface area contributed by atoms with E-state index in [1.807, 2.05) is 6.92 Å². The molecule has 0 amide bonds. The van der Waals surface area contributed by atoms with Gasteiger partial charge >= 0.3 is 0 Å². The molecule has 2 N–H and O–H groups in total. The summed E-state index contributed by atoms with van der Waals surface area (Å²) >= 11 is 0. The van der Waals surface area contributed by atoms with E-state index in [-0.39, 0.29) is 0 Å². The molecule has 0 unspecified atom stereocenters. The van der Waals surface area contributed by atoms with Crippen molar-refractivity contribution in [3.05, 3.63) is 0 Å². The van der Waals surface area contributed by atoms with Crippen molar-refractivity contribution >= 4 is 0 Å². The molecule has 2 nitrogen and oxygen atoms in total. The molecular weight excluding hydrogens is 188 g/mol. The van der Waals surface area contributed by atoms with Crippen LogP contribution >= 0.6 is 0 Å². The van der Waals surface area contributed by atoms with E-state index in [0.29, 0.717) is 12.3 Å². The summed E-state index contributed by atoms with van der Waals surface area (Å²) < 4.78 is 0. The minimum atomic E-state index is -0.823. The van der Waals surface area contributed by atoms with Gasteiger partial charge in [0.05, 0.1) is 11.7 Å². The van der Waals surface area contributed by atoms with Gasteiger partial charge in [0.15, 0.2) is 0 Å². The molecule has 0 saturated heterocycles. The summed E-state index contributed by atoms with van der Waals surface area (Å²) in [5.74, 6) is 0.317. The molecule has 0 aromatic heterocycles. The summed E-state index contributed by atoms with van der Waals surface area (Å²) in [4.78, 5) is 0. The maximum absolute atomic E-state index is 10.6. The Labute approximate surface area is 93.7 Å². The van der Waals surface area contributed by atoms with Crippen molar-refractivity contribution in [2.75, 3.05) is 0 Å². The molecule has 1 fully saturated rings. The van der Waals surface area contributed by atoms with Crippen molar-refractivity contribution < 1.29 is 10.2 Å². The van der Waals surface area contributed by atoms with E-state index < -0.39 is 11.7 Å². The first-order valence-corrected chi connectivity index (χ1v) is 6.55. The Kier molecular flexibility index (Phi) is 5.07. The van der Waals surface area contributed by atoms with Crippen LogP contribution in [-0.2, 0) is 0 Å². The number of hydrogen-bond donors (Lipinski definition) is 2. The maximum Gasteiger partial charge on any atom is 0.0930 e. The lowest BCUT2D eigenvalue weighted by atomic mass is 9.72. The van der Waals surface area contributed by atoms with Crippen LogP contribution in [0.3, 0.4) is 0 Å². The van der Waals surface area contributed by atoms with Crippen LogP contribution < -0.4 is 0 Å². The molecule has 0 aromatic rings. The molecule has 90 valence electrons. The van der Waals surface area contributed by atoms with Crippen molar-refractivity contribution in [2.24, 2.45) is 5.92 Å². The van der Waals surface area contributed by atoms with Crippen LogP contribution in [0.25, 0.3) is 0 Å². The van der Waals surface area contributed by atoms with Crippen LogP contribution in [0.5, 0.6) is 0 Å². The molecule has 0 radical (unpaired) electrons. The van der Waals surface area contributed by atoms with Crippen molar-refractivity contribution in [1.29, 1.82) is 0 Å². The van der Waals surface area contributed by atoms with E-state index >= 15 is 0 Å². The second-order valence-corrected chi connectivity index (χ2v) is 4.98. The van der Waals surface area contributed by atoms with E-state index in [2.05, 4.69) is 6.92 Å². The zero-order valence-corrected chi connectivity index (χ0v) is 10.2. The van der Waals surface area contributed by atoms with E-state index in [0.717, 1.165) is 25.7 Å². The molecule has 2 atom stereocenters. The largest absolute Gasteiger partial charge is 0.390 e. The highest BCUT2D eigenvalue weighted by Gasteiger charge is 2.41. The van der Waals surface area contributed by atoms with E-state index in [4.69, 9.17) is 0 Å². The molecule has 1 aliphatic rings. The van der Waals surface area contributed by atoms with Crippen LogP contribution in [0, 0.1) is 5.92 Å². The molecule has 0 aromatic carbocycles. The topological polar surface area (TPSA) is 40.5 Å². The van der Waals surface area contributed by atoms with Gasteiger partial charge in [0, 0.05) is 0 Å². The summed E-state index contributed by atoms with van der Waals surface area (Å²) in [6.45, 7) is 4.05. The molecule has 1 aliphatic carbocycles. The molecular formula is C13H26O2. The molecule has 15 heavy (non-hydrogen) atoms. The maximum atomic E-state index is 10.6. The highest BCUT2D eigenvalue weighted by molar-refractivity contribution is 4.92. The molecule has 0 heterocycles. The van der Waals surface area contributed by atoms with Gasteiger partial charge in [0.1, 0.15) is 0 Å². The smallest absolute Gasteiger partial charge is 0.0930 e. The lowest BCUT2D eigenvalue weighted by Crippen LogP contribution is -2.49. The normalized spacial score (nSPS) is 24.8. The Hall–Kier alpha value is -0.0800. The highest BCUT2D eigenvalue weighted by atomic mass is 16.3. The predicted molar refractivity (Wildman–Crippen MR) is 62.7 cm³/mol. The van der Waals surface area contributed by atoms with Gasteiger partial charge in [-0.3, -0.25) is 0 Å². The van der Waals surface area contributed by atoms with Crippen LogP contribution in [0.1, 0.15) is 65.2 Å². The summed E-state index contributed by atoms with van der Waals surface area (Å²) in [5.41, 5.74) is -0.823. The zero-order chi connectivity index (χ0) is 11.3. The van der Waals surface area contributed by atoms with Gasteiger partial charge in [-0.1, -0.05) is 39.5 Å². The molecule has 0 bridgehead atoms. The average molecular weight is 214 g/mol. The van der Waals surface area contributed by atoms with Gasteiger partial charge in [-0.05, 0) is 31.6 Å². The van der Waals surface area contributed by atoms with Gasteiger partial charge in [0.25, 0.3) is 0 Å². The van der Waals surface area contributed by atoms with E-state index in [1.54, 1.807) is 0 Å². The first kappa shape index (κ1) is 13.0. The second kappa shape index (κ2) is 5.86. The zero-order valence-electron chi connectivity index (χ0n) is 10.2. The minimum absolute atomic E-state index is 0.317. The Balaban J connectivity index is 2.63. The Morgan fingerprint density at radius 1 is 1.20 bits per heavy atom. The third-order valence-electron chi connectivity index (χ3n) is 4.02. The Morgan fingerprint density at radius 3 is 2.27 bits per heavy atom. The van der Waals surface area contributed by atoms with E-state index in [1.165, 1.54) is 19.3 Å². The van der Waals surface area contributed by atoms with Crippen LogP contribution in [0.4, 0.5) is 0 Å². The van der Waals surface area contributed by atoms with Gasteiger partial charge in [-0.25, -0.2) is 0 Å². The van der Waals surface area contributed by atoms with Crippen molar-refractivity contribution in [3.63, 3.8) is 0 Å². The number of rotatable bonds is 5. The van der Waals surface area contributed by atoms with Crippen molar-refractivity contribution in [1.82, 2.24) is 0 Å². The minimum Gasteiger partial charge on any atom is -0.390 e. The van der Waals surface area contributed by atoms with Crippen LogP contribution in [0.15, 0.2) is 0 Å². The van der Waals surface area contributed by atoms with Crippen molar-refractivity contribution in [2.45, 2.75) is 76.9 Å². The highest BCUT2D eigenvalue weighted by Crippen LogP contribution is 2.37. The van der Waals surface area contributed by atoms with Gasteiger partial charge in [-0.2, -0.15) is 0 Å². The third-order valence-corrected chi connectivity index (χ3v) is 4.02. The predicted octanol–water partition coefficient (Wildman–Crippen LogP) is 2.87. The average Bonchev–Trinajstić information content (AvgIpc) is 2.29. The summed E-state index contributed by atoms with van der Waals surface area (Å²) in [5, 5.41) is 20.7. The SMILES string of the molecule is CCC[C@@H](O)[C@@](O)(CC)C1CCCCC1. The summed E-state index contributed by atoms with van der Waals surface area (Å²) in [7, 11) is 0. The quantitative estimate of drug-likeness (QED) is 0.739. The van der Waals surface area contributed by atoms with Crippen LogP contribution in [-0.4, -0.2) is 21.9 Å². The molecule has 0 aliphatic heterocycles. The fraction of sp³-hybridized carbons (Fsp3) is 1.00. The molecule has 2 heteroatoms. The fourth-order valence-corrected chi connectivity index (χ4v) is 2.92. The summed E-state index contributed by atoms with van der Waals surface area (Å²) in [6, 6.07) is 0. The molecule has 1 saturated carbocycles. The number of aliphatic hydroxyl groups excluding tert-OH is 1. The fourth-order valence-electron chi connectivity index (χ4n) is 2.92. The van der Waals surface area contributed by atoms with Gasteiger partial charge < -0.3 is 10.2 Å². The molecule has 1 rings (SSSR count). The standard InChI is InChI=1S/C13H26O2/c1-3-8-12(14)13(15,4-2)11-9-6-5-7-10-11/h11-12,14-15H,3-10H2,1-2H3/t12-,13-/m1/s1. The first-order chi connectivity index (χ1) is 7.15. The first-order valence-electron chi connectivity index (χ1n) is 6.55. The monoisotopic (exact) mass is 214 g/mol. The van der Waals surface area contributed by atoms with Crippen molar-refractivity contribution in [3.8, 4) is 0 Å². The number of hydrogen-bond acceptors (Lipinski definition) is 2. The van der Waals surface area contributed by atoms with Gasteiger partial charge in [-0.15, -0.1) is 0 Å².